The number of aromatic amines is 1. The molecule has 1 fully saturated rings. The average molecular weight is 644 g/mol. The number of anilines is 2. The topological polar surface area (TPSA) is 171 Å². The van der Waals surface area contributed by atoms with Gasteiger partial charge in [-0.05, 0) is 98.0 Å². The molecule has 12 nitrogen and oxygen atoms in total. The van der Waals surface area contributed by atoms with E-state index in [4.69, 9.17) is 12.7 Å². The summed E-state index contributed by atoms with van der Waals surface area (Å²) in [7, 11) is 3.97. The van der Waals surface area contributed by atoms with Crippen LogP contribution in [0.2, 0.25) is 0 Å². The van der Waals surface area contributed by atoms with Crippen LogP contribution in [0.4, 0.5) is 16.2 Å². The molecule has 1 aliphatic rings. The lowest BCUT2D eigenvalue weighted by molar-refractivity contribution is -0.138. The summed E-state index contributed by atoms with van der Waals surface area (Å²) >= 11 is 0. The number of carboxylic acid groups (broad SMARTS) is 1. The fraction of sp³-hybridized carbons (Fsp3) is 0.312. The summed E-state index contributed by atoms with van der Waals surface area (Å²) in [6.45, 7) is 3.95. The smallest absolute Gasteiger partial charge is 0.411 e. The normalized spacial score (nSPS) is 13.8. The Morgan fingerprint density at radius 1 is 1.11 bits per heavy atom. The minimum atomic E-state index is -3.46. The van der Waals surface area contributed by atoms with Gasteiger partial charge in [-0.3, -0.25) is 10.1 Å². The predicted octanol–water partition coefficient (Wildman–Crippen LogP) is 4.02. The summed E-state index contributed by atoms with van der Waals surface area (Å²) in [5.41, 5.74) is 4.59. The molecule has 1 aliphatic carbocycles. The molecular weight excluding hydrogens is 609 g/mol. The van der Waals surface area contributed by atoms with Crippen molar-refractivity contribution in [3.8, 4) is 0 Å². The number of nitrogens with zero attached hydrogens (tertiary/aromatic N) is 2. The van der Waals surface area contributed by atoms with Crippen molar-refractivity contribution in [2.24, 2.45) is 0 Å². The fourth-order valence-corrected chi connectivity index (χ4v) is 7.35. The van der Waals surface area contributed by atoms with Crippen molar-refractivity contribution < 1.29 is 27.9 Å². The lowest BCUT2D eigenvalue weighted by Gasteiger charge is -2.20. The predicted molar refractivity (Wildman–Crippen MR) is 175 cm³/mol. The van der Waals surface area contributed by atoms with E-state index in [2.05, 4.69) is 20.6 Å². The number of sulfone groups is 1. The highest BCUT2D eigenvalue weighted by Crippen LogP contribution is 2.36. The molecule has 2 radical (unpaired) electrons. The van der Waals surface area contributed by atoms with Crippen LogP contribution in [0.1, 0.15) is 46.7 Å². The Morgan fingerprint density at radius 3 is 2.46 bits per heavy atom. The Balaban J connectivity index is 1.24. The van der Waals surface area contributed by atoms with Gasteiger partial charge in [0.05, 0.1) is 34.0 Å². The third-order valence-electron chi connectivity index (χ3n) is 7.83. The van der Waals surface area contributed by atoms with E-state index in [1.807, 2.05) is 13.8 Å². The quantitative estimate of drug-likeness (QED) is 0.165. The Kier molecular flexibility index (Phi) is 9.49. The monoisotopic (exact) mass is 643 g/mol. The highest BCUT2D eigenvalue weighted by molar-refractivity contribution is 7.92. The third kappa shape index (κ3) is 7.40. The number of carbonyl (C=O) groups excluding carboxylic acids is 1. The molecule has 0 aliphatic heterocycles. The Morgan fingerprint density at radius 2 is 1.80 bits per heavy atom. The first-order chi connectivity index (χ1) is 21.8. The first-order valence-corrected chi connectivity index (χ1v) is 16.2. The second-order valence-electron chi connectivity index (χ2n) is 11.5. The molecular formula is C32H34BN5O7S. The number of aryl methyl sites for hydroxylation is 2. The van der Waals surface area contributed by atoms with Crippen molar-refractivity contribution in [3.63, 3.8) is 0 Å². The minimum absolute atomic E-state index is 0.0552. The van der Waals surface area contributed by atoms with Gasteiger partial charge in [-0.15, -0.1) is 0 Å². The number of hydrogen-bond acceptors (Lipinski definition) is 9. The van der Waals surface area contributed by atoms with E-state index >= 15 is 0 Å². The molecule has 14 heteroatoms. The zero-order chi connectivity index (χ0) is 33.2. The molecule has 4 N–H and O–H groups in total. The Bertz CT molecular complexity index is 1950. The van der Waals surface area contributed by atoms with Crippen molar-refractivity contribution in [3.05, 3.63) is 93.0 Å². The van der Waals surface area contributed by atoms with E-state index in [1.54, 1.807) is 43.4 Å². The molecule has 1 atom stereocenters. The molecule has 0 spiro atoms. The van der Waals surface area contributed by atoms with Crippen LogP contribution in [0.15, 0.2) is 64.5 Å². The van der Waals surface area contributed by atoms with Crippen molar-refractivity contribution in [1.29, 1.82) is 0 Å². The molecule has 238 valence electrons. The number of nitrogens with one attached hydrogen (secondary N) is 3. The maximum Gasteiger partial charge on any atom is 0.411 e. The van der Waals surface area contributed by atoms with Crippen molar-refractivity contribution >= 4 is 52.2 Å². The van der Waals surface area contributed by atoms with Crippen LogP contribution in [-0.2, 0) is 32.3 Å². The standard InChI is InChI=1S/C32H34BN5O7S/c1-18-12-20(29(31(40)41)36-23-4-8-27-26(15-23)30(39)35-17-34-27)13-19(2)25(18)10-11-45-32(42)37-22-5-9-28(21(14-22)16-38(3)33)46(43,44)24-6-7-24/h4-5,8-9,12-15,17,24,29,36H,6-7,10-11,16H2,1-3H3,(H,37,42)(H,40,41)(H,34,35,39). The van der Waals surface area contributed by atoms with E-state index in [-0.39, 0.29) is 28.9 Å². The van der Waals surface area contributed by atoms with Crippen molar-refractivity contribution in [1.82, 2.24) is 14.8 Å². The van der Waals surface area contributed by atoms with E-state index in [9.17, 15) is 27.9 Å². The van der Waals surface area contributed by atoms with Crippen LogP contribution in [0, 0.1) is 13.8 Å². The van der Waals surface area contributed by atoms with Crippen LogP contribution in [0.5, 0.6) is 0 Å². The molecule has 46 heavy (non-hydrogen) atoms. The van der Waals surface area contributed by atoms with Gasteiger partial charge in [-0.2, -0.15) is 0 Å². The van der Waals surface area contributed by atoms with Crippen LogP contribution in [-0.4, -0.2) is 67.3 Å². The number of carbonyl (C=O) groups is 2. The number of rotatable bonds is 12. The van der Waals surface area contributed by atoms with Gasteiger partial charge in [0.15, 0.2) is 23.9 Å². The molecule has 1 aromatic heterocycles. The van der Waals surface area contributed by atoms with E-state index in [0.717, 1.165) is 16.7 Å². The van der Waals surface area contributed by atoms with Crippen LogP contribution < -0.4 is 16.2 Å². The molecule has 1 saturated carbocycles. The summed E-state index contributed by atoms with van der Waals surface area (Å²) in [5.74, 6) is -1.09. The van der Waals surface area contributed by atoms with Gasteiger partial charge in [0.25, 0.3) is 5.56 Å². The van der Waals surface area contributed by atoms with Gasteiger partial charge in [-0.25, -0.2) is 23.0 Å². The highest BCUT2D eigenvalue weighted by atomic mass is 32.2. The largest absolute Gasteiger partial charge is 0.479 e. The highest BCUT2D eigenvalue weighted by Gasteiger charge is 2.38. The first-order valence-electron chi connectivity index (χ1n) is 14.7. The fourth-order valence-electron chi connectivity index (χ4n) is 5.49. The molecule has 1 amide bonds. The lowest BCUT2D eigenvalue weighted by Crippen LogP contribution is -2.21. The number of H-pyrrole nitrogens is 1. The minimum Gasteiger partial charge on any atom is -0.479 e. The second-order valence-corrected chi connectivity index (χ2v) is 13.7. The van der Waals surface area contributed by atoms with Gasteiger partial charge < -0.3 is 25.0 Å². The number of fused-ring (bicyclic) bond motifs is 1. The first kappa shape index (κ1) is 32.7. The zero-order valence-corrected chi connectivity index (χ0v) is 26.5. The molecule has 0 saturated heterocycles. The third-order valence-corrected chi connectivity index (χ3v) is 10.2. The summed E-state index contributed by atoms with van der Waals surface area (Å²) in [6.07, 6.45) is 2.27. The van der Waals surface area contributed by atoms with E-state index < -0.39 is 27.9 Å². The summed E-state index contributed by atoms with van der Waals surface area (Å²) in [5, 5.41) is 15.6. The van der Waals surface area contributed by atoms with E-state index in [0.29, 0.717) is 52.7 Å². The van der Waals surface area contributed by atoms with Gasteiger partial charge in [0, 0.05) is 24.3 Å². The van der Waals surface area contributed by atoms with Gasteiger partial charge in [0.2, 0.25) is 0 Å². The molecule has 1 heterocycles. The number of hydrogen-bond donors (Lipinski definition) is 4. The number of aliphatic carboxylic acids is 1. The van der Waals surface area contributed by atoms with Crippen LogP contribution in [0.25, 0.3) is 10.9 Å². The van der Waals surface area contributed by atoms with Crippen LogP contribution in [0.3, 0.4) is 0 Å². The number of ether oxygens (including phenoxy) is 1. The Labute approximate surface area is 267 Å². The Hall–Kier alpha value is -4.69. The number of aromatic nitrogens is 2. The SMILES string of the molecule is [B]N(C)Cc1cc(NC(=O)OCCc2c(C)cc(C(Nc3ccc4nc[nH]c(=O)c4c3)C(=O)O)cc2C)ccc1S(=O)(=O)C1CC1. The summed E-state index contributed by atoms with van der Waals surface area (Å²) in [6, 6.07) is 12.0. The lowest BCUT2D eigenvalue weighted by atomic mass is 9.94. The molecule has 5 rings (SSSR count). The summed E-state index contributed by atoms with van der Waals surface area (Å²) < 4.78 is 31.2. The molecule has 0 bridgehead atoms. The van der Waals surface area contributed by atoms with Crippen molar-refractivity contribution in [2.45, 2.75) is 55.8 Å². The molecule has 4 aromatic rings. The summed E-state index contributed by atoms with van der Waals surface area (Å²) in [4.78, 5) is 45.3. The number of benzene rings is 3. The number of carboxylic acids is 1. The van der Waals surface area contributed by atoms with Gasteiger partial charge in [-0.1, -0.05) is 12.1 Å². The number of amides is 1. The van der Waals surface area contributed by atoms with Crippen molar-refractivity contribution in [2.75, 3.05) is 24.3 Å². The van der Waals surface area contributed by atoms with Gasteiger partial charge >= 0.3 is 12.1 Å². The molecule has 1 unspecified atom stereocenters. The zero-order valence-electron chi connectivity index (χ0n) is 25.7. The van der Waals surface area contributed by atoms with Gasteiger partial charge in [0.1, 0.15) is 0 Å². The maximum absolute atomic E-state index is 12.9. The average Bonchev–Trinajstić information content (AvgIpc) is 3.84. The van der Waals surface area contributed by atoms with Crippen LogP contribution >= 0.6 is 0 Å². The molecule has 3 aromatic carbocycles. The van der Waals surface area contributed by atoms with E-state index in [1.165, 1.54) is 23.3 Å². The maximum atomic E-state index is 12.9. The second kappa shape index (κ2) is 13.4.